The maximum atomic E-state index is 12.9. The molecule has 0 aromatic heterocycles. The zero-order valence-corrected chi connectivity index (χ0v) is 20.1. The molecule has 11 nitrogen and oxygen atoms in total. The molecule has 1 atom stereocenters. The Hall–Kier alpha value is -3.64. The minimum atomic E-state index is -3.28. The molecule has 12 heteroatoms. The molecule has 35 heavy (non-hydrogen) atoms. The van der Waals surface area contributed by atoms with Crippen molar-refractivity contribution in [3.8, 4) is 11.1 Å². The fourth-order valence-electron chi connectivity index (χ4n) is 4.49. The summed E-state index contributed by atoms with van der Waals surface area (Å²) in [6.45, 7) is 2.79. The molecule has 0 radical (unpaired) electrons. The van der Waals surface area contributed by atoms with E-state index in [0.717, 1.165) is 21.6 Å². The van der Waals surface area contributed by atoms with E-state index in [1.54, 1.807) is 54.3 Å². The Morgan fingerprint density at radius 1 is 0.857 bits per heavy atom. The molecule has 0 unspecified atom stereocenters. The summed E-state index contributed by atoms with van der Waals surface area (Å²) in [5.41, 5.74) is 2.44. The average Bonchev–Trinajstić information content (AvgIpc) is 2.82. The van der Waals surface area contributed by atoms with Gasteiger partial charge in [-0.3, -0.25) is 14.6 Å². The van der Waals surface area contributed by atoms with Crippen LogP contribution in [0.4, 0.5) is 21.0 Å². The van der Waals surface area contributed by atoms with Crippen LogP contribution < -0.4 is 9.80 Å². The van der Waals surface area contributed by atoms with Crippen LogP contribution in [0.5, 0.6) is 0 Å². The highest BCUT2D eigenvalue weighted by Gasteiger charge is 2.35. The monoisotopic (exact) mass is 502 g/mol. The molecule has 0 bridgehead atoms. The number of hydrogen-bond acceptors (Lipinski definition) is 5. The Balaban J connectivity index is 1.56. The number of hydrogen-bond donors (Lipinski definition) is 2. The summed E-state index contributed by atoms with van der Waals surface area (Å²) in [5.74, 6) is -0.196. The van der Waals surface area contributed by atoms with Gasteiger partial charge in [-0.05, 0) is 42.3 Å². The number of nitrogens with zero attached hydrogens (tertiary/aromatic N) is 4. The molecule has 2 N–H and O–H groups in total. The van der Waals surface area contributed by atoms with Crippen molar-refractivity contribution in [2.75, 3.05) is 48.8 Å². The number of amides is 3. The number of sulfonamides is 1. The Morgan fingerprint density at radius 3 is 2.00 bits per heavy atom. The van der Waals surface area contributed by atoms with Crippen LogP contribution in [0, 0.1) is 0 Å². The van der Waals surface area contributed by atoms with Gasteiger partial charge >= 0.3 is 12.2 Å². The molecule has 2 aromatic rings. The lowest BCUT2D eigenvalue weighted by Crippen LogP contribution is -2.51. The van der Waals surface area contributed by atoms with Crippen LogP contribution in [0.2, 0.25) is 0 Å². The van der Waals surface area contributed by atoms with Gasteiger partial charge in [-0.15, -0.1) is 0 Å². The van der Waals surface area contributed by atoms with Crippen LogP contribution in [0.15, 0.2) is 42.5 Å². The number of anilines is 2. The van der Waals surface area contributed by atoms with E-state index in [1.165, 1.54) is 4.31 Å². The van der Waals surface area contributed by atoms with Crippen LogP contribution in [0.3, 0.4) is 0 Å². The first-order valence-corrected chi connectivity index (χ1v) is 12.8. The third-order valence-corrected chi connectivity index (χ3v) is 7.61. The van der Waals surface area contributed by atoms with E-state index < -0.39 is 28.3 Å². The van der Waals surface area contributed by atoms with Crippen LogP contribution in [0.25, 0.3) is 11.1 Å². The van der Waals surface area contributed by atoms with Crippen molar-refractivity contribution in [1.82, 2.24) is 9.21 Å². The van der Waals surface area contributed by atoms with Crippen molar-refractivity contribution in [1.29, 1.82) is 0 Å². The van der Waals surface area contributed by atoms with Crippen molar-refractivity contribution in [3.05, 3.63) is 48.0 Å². The second-order valence-electron chi connectivity index (χ2n) is 8.63. The lowest BCUT2D eigenvalue weighted by Gasteiger charge is -2.38. The molecular formula is C23H26N4O7S. The van der Waals surface area contributed by atoms with Gasteiger partial charge in [0.25, 0.3) is 5.91 Å². The number of carbonyl (C=O) groups is 3. The van der Waals surface area contributed by atoms with Crippen molar-refractivity contribution in [2.24, 2.45) is 0 Å². The predicted octanol–water partition coefficient (Wildman–Crippen LogP) is 2.44. The number of rotatable bonds is 3. The molecule has 3 amide bonds. The number of carboxylic acid groups (broad SMARTS) is 2. The molecule has 2 aromatic carbocycles. The highest BCUT2D eigenvalue weighted by Crippen LogP contribution is 2.39. The quantitative estimate of drug-likeness (QED) is 0.657. The molecule has 1 fully saturated rings. The number of carbonyl (C=O) groups excluding carboxylic acids is 1. The SMILES string of the molecule is C[C@H]1CN(C(=O)O)c2cc(-c3ccc(C(=O)N4CCN(S(C)(=O)=O)CC4)cc3)ccc2N1C(=O)O. The maximum absolute atomic E-state index is 12.9. The summed E-state index contributed by atoms with van der Waals surface area (Å²) in [5, 5.41) is 19.3. The minimum Gasteiger partial charge on any atom is -0.465 e. The van der Waals surface area contributed by atoms with E-state index in [1.807, 2.05) is 0 Å². The van der Waals surface area contributed by atoms with Gasteiger partial charge in [0, 0.05) is 31.7 Å². The normalized spacial score (nSPS) is 18.8. The first-order valence-electron chi connectivity index (χ1n) is 11.0. The van der Waals surface area contributed by atoms with Crippen LogP contribution >= 0.6 is 0 Å². The van der Waals surface area contributed by atoms with Gasteiger partial charge in [0.05, 0.1) is 30.2 Å². The molecule has 186 valence electrons. The minimum absolute atomic E-state index is 0.0120. The van der Waals surface area contributed by atoms with Gasteiger partial charge in [-0.25, -0.2) is 18.0 Å². The molecule has 0 spiro atoms. The van der Waals surface area contributed by atoms with Gasteiger partial charge in [0.1, 0.15) is 0 Å². The van der Waals surface area contributed by atoms with E-state index in [0.29, 0.717) is 29.9 Å². The molecule has 0 aliphatic carbocycles. The fraction of sp³-hybridized carbons (Fsp3) is 0.348. The first-order chi connectivity index (χ1) is 16.5. The predicted molar refractivity (Wildman–Crippen MR) is 130 cm³/mol. The molecule has 1 saturated heterocycles. The van der Waals surface area contributed by atoms with Crippen LogP contribution in [-0.4, -0.2) is 91.0 Å². The summed E-state index contributed by atoms with van der Waals surface area (Å²) in [4.78, 5) is 40.3. The summed E-state index contributed by atoms with van der Waals surface area (Å²) < 4.78 is 24.7. The molecule has 2 aliphatic rings. The van der Waals surface area contributed by atoms with Crippen molar-refractivity contribution in [3.63, 3.8) is 0 Å². The van der Waals surface area contributed by atoms with Gasteiger partial charge in [-0.2, -0.15) is 4.31 Å². The Labute approximate surface area is 202 Å². The van der Waals surface area contributed by atoms with E-state index in [4.69, 9.17) is 0 Å². The highest BCUT2D eigenvalue weighted by atomic mass is 32.2. The summed E-state index contributed by atoms with van der Waals surface area (Å²) in [6, 6.07) is 11.2. The van der Waals surface area contributed by atoms with E-state index in [-0.39, 0.29) is 31.2 Å². The van der Waals surface area contributed by atoms with Crippen LogP contribution in [0.1, 0.15) is 17.3 Å². The molecular weight excluding hydrogens is 476 g/mol. The topological polar surface area (TPSA) is 139 Å². The summed E-state index contributed by atoms with van der Waals surface area (Å²) in [7, 11) is -3.28. The lowest BCUT2D eigenvalue weighted by molar-refractivity contribution is 0.0698. The Kier molecular flexibility index (Phi) is 6.43. The molecule has 2 heterocycles. The number of fused-ring (bicyclic) bond motifs is 1. The fourth-order valence-corrected chi connectivity index (χ4v) is 5.31. The summed E-state index contributed by atoms with van der Waals surface area (Å²) >= 11 is 0. The van der Waals surface area contributed by atoms with Crippen molar-refractivity contribution < 1.29 is 33.0 Å². The third kappa shape index (κ3) is 4.80. The smallest absolute Gasteiger partial charge is 0.412 e. The second-order valence-corrected chi connectivity index (χ2v) is 10.6. The first kappa shape index (κ1) is 24.5. The summed E-state index contributed by atoms with van der Waals surface area (Å²) in [6.07, 6.45) is -1.17. The largest absolute Gasteiger partial charge is 0.465 e. The van der Waals surface area contributed by atoms with E-state index in [2.05, 4.69) is 0 Å². The number of piperazine rings is 1. The molecule has 0 saturated carbocycles. The van der Waals surface area contributed by atoms with Crippen LogP contribution in [-0.2, 0) is 10.0 Å². The Morgan fingerprint density at radius 2 is 1.46 bits per heavy atom. The lowest BCUT2D eigenvalue weighted by atomic mass is 10.00. The second kappa shape index (κ2) is 9.19. The number of benzene rings is 2. The highest BCUT2D eigenvalue weighted by molar-refractivity contribution is 7.88. The standard InChI is InChI=1S/C23H26N4O7S/c1-15-14-26(22(29)30)20-13-18(7-8-19(20)27(15)23(31)32)16-3-5-17(6-4-16)21(28)24-9-11-25(12-10-24)35(2,33)34/h3-8,13,15H,9-12,14H2,1-2H3,(H,29,30)(H,31,32)/t15-/m0/s1. The molecule has 4 rings (SSSR count). The maximum Gasteiger partial charge on any atom is 0.412 e. The van der Waals surface area contributed by atoms with E-state index in [9.17, 15) is 33.0 Å². The van der Waals surface area contributed by atoms with Gasteiger partial charge in [0.2, 0.25) is 10.0 Å². The van der Waals surface area contributed by atoms with Gasteiger partial charge < -0.3 is 15.1 Å². The molecule has 2 aliphatic heterocycles. The van der Waals surface area contributed by atoms with Crippen molar-refractivity contribution in [2.45, 2.75) is 13.0 Å². The van der Waals surface area contributed by atoms with Crippen molar-refractivity contribution >= 4 is 39.5 Å². The van der Waals surface area contributed by atoms with E-state index >= 15 is 0 Å². The van der Waals surface area contributed by atoms with Gasteiger partial charge in [-0.1, -0.05) is 18.2 Å². The Bertz CT molecular complexity index is 1270. The van der Waals surface area contributed by atoms with Gasteiger partial charge in [0.15, 0.2) is 0 Å². The zero-order valence-electron chi connectivity index (χ0n) is 19.3. The third-order valence-electron chi connectivity index (χ3n) is 6.31. The average molecular weight is 503 g/mol. The zero-order chi connectivity index (χ0) is 25.5.